The fourth-order valence-electron chi connectivity index (χ4n) is 2.38. The van der Waals surface area contributed by atoms with Crippen molar-refractivity contribution in [1.29, 1.82) is 0 Å². The van der Waals surface area contributed by atoms with E-state index in [-0.39, 0.29) is 23.8 Å². The summed E-state index contributed by atoms with van der Waals surface area (Å²) >= 11 is 1.54. The van der Waals surface area contributed by atoms with Gasteiger partial charge in [-0.1, -0.05) is 30.3 Å². The van der Waals surface area contributed by atoms with Crippen molar-refractivity contribution < 1.29 is 9.90 Å². The molecule has 1 amide bonds. The Hall–Kier alpha value is -1.85. The number of nitrogens with zero attached hydrogens (tertiary/aromatic N) is 1. The smallest absolute Gasteiger partial charge is 0.253 e. The second-order valence-corrected chi connectivity index (χ2v) is 6.49. The molecule has 2 aromatic rings. The fourth-order valence-corrected chi connectivity index (χ4v) is 3.01. The molecule has 23 heavy (non-hydrogen) atoms. The molecular weight excluding hydrogens is 308 g/mol. The number of nitrogens with one attached hydrogen (secondary N) is 1. The number of rotatable bonds is 6. The number of carbonyl (C=O) groups is 1. The zero-order chi connectivity index (χ0) is 16.8. The summed E-state index contributed by atoms with van der Waals surface area (Å²) in [5, 5.41) is 12.2. The first-order chi connectivity index (χ1) is 11.1. The van der Waals surface area contributed by atoms with Crippen molar-refractivity contribution in [2.75, 3.05) is 12.9 Å². The molecule has 2 N–H and O–H groups in total. The monoisotopic (exact) mass is 330 g/mol. The molecule has 0 spiro atoms. The molecule has 0 aliphatic rings. The number of aliphatic hydroxyl groups is 1. The maximum absolute atomic E-state index is 12.4. The van der Waals surface area contributed by atoms with Gasteiger partial charge in [0, 0.05) is 16.9 Å². The number of hydrogen-bond acceptors (Lipinski definition) is 4. The van der Waals surface area contributed by atoms with Crippen LogP contribution in [0.2, 0.25) is 0 Å². The van der Waals surface area contributed by atoms with Crippen molar-refractivity contribution in [2.45, 2.75) is 25.1 Å². The molecule has 4 nitrogen and oxygen atoms in total. The minimum Gasteiger partial charge on any atom is -0.395 e. The number of amides is 1. The van der Waals surface area contributed by atoms with E-state index in [1.807, 2.05) is 56.5 Å². The molecule has 1 aromatic heterocycles. The Kier molecular flexibility index (Phi) is 6.19. The summed E-state index contributed by atoms with van der Waals surface area (Å²) in [5.41, 5.74) is 3.14. The number of aryl methyl sites for hydroxylation is 1. The molecule has 0 aliphatic heterocycles. The average molecular weight is 330 g/mol. The normalized spacial score (nSPS) is 13.4. The van der Waals surface area contributed by atoms with Crippen LogP contribution >= 0.6 is 11.8 Å². The standard InChI is InChI=1S/C18H22N2O2S/c1-12-15(18(22)20-13(2)17(11-21)23-3)9-10-16(19-12)14-7-5-4-6-8-14/h4-10,13,17,21H,11H2,1-3H3,(H,20,22). The Labute approximate surface area is 141 Å². The summed E-state index contributed by atoms with van der Waals surface area (Å²) in [4.78, 5) is 17.0. The van der Waals surface area contributed by atoms with E-state index in [0.29, 0.717) is 11.3 Å². The highest BCUT2D eigenvalue weighted by Gasteiger charge is 2.19. The number of carbonyl (C=O) groups excluding carboxylic acids is 1. The first-order valence-corrected chi connectivity index (χ1v) is 8.83. The van der Waals surface area contributed by atoms with Crippen molar-refractivity contribution in [3.05, 3.63) is 53.7 Å². The molecule has 0 aliphatic carbocycles. The molecule has 2 atom stereocenters. The molecule has 0 saturated carbocycles. The quantitative estimate of drug-likeness (QED) is 0.855. The lowest BCUT2D eigenvalue weighted by atomic mass is 10.1. The fraction of sp³-hybridized carbons (Fsp3) is 0.333. The van der Waals surface area contributed by atoms with Gasteiger partial charge in [-0.3, -0.25) is 9.78 Å². The van der Waals surface area contributed by atoms with E-state index in [1.165, 1.54) is 11.8 Å². The Morgan fingerprint density at radius 2 is 1.96 bits per heavy atom. The SMILES string of the molecule is CSC(CO)C(C)NC(=O)c1ccc(-c2ccccc2)nc1C. The summed E-state index contributed by atoms with van der Waals surface area (Å²) in [5.74, 6) is -0.158. The Balaban J connectivity index is 2.16. The van der Waals surface area contributed by atoms with E-state index in [2.05, 4.69) is 10.3 Å². The van der Waals surface area contributed by atoms with Crippen molar-refractivity contribution in [1.82, 2.24) is 10.3 Å². The first kappa shape index (κ1) is 17.5. The second-order valence-electron chi connectivity index (χ2n) is 5.41. The van der Waals surface area contributed by atoms with Crippen LogP contribution in [0.5, 0.6) is 0 Å². The van der Waals surface area contributed by atoms with Crippen LogP contribution in [0.3, 0.4) is 0 Å². The molecule has 0 radical (unpaired) electrons. The maximum Gasteiger partial charge on any atom is 0.253 e. The van der Waals surface area contributed by atoms with Crippen LogP contribution in [0.25, 0.3) is 11.3 Å². The summed E-state index contributed by atoms with van der Waals surface area (Å²) < 4.78 is 0. The lowest BCUT2D eigenvalue weighted by Gasteiger charge is -2.21. The van der Waals surface area contributed by atoms with Crippen molar-refractivity contribution in [2.24, 2.45) is 0 Å². The van der Waals surface area contributed by atoms with Crippen molar-refractivity contribution >= 4 is 17.7 Å². The van der Waals surface area contributed by atoms with E-state index >= 15 is 0 Å². The highest BCUT2D eigenvalue weighted by atomic mass is 32.2. The molecule has 1 aromatic carbocycles. The van der Waals surface area contributed by atoms with E-state index in [1.54, 1.807) is 6.07 Å². The third-order valence-corrected chi connectivity index (χ3v) is 4.96. The zero-order valence-corrected chi connectivity index (χ0v) is 14.4. The zero-order valence-electron chi connectivity index (χ0n) is 13.6. The van der Waals surface area contributed by atoms with Gasteiger partial charge in [0.2, 0.25) is 0 Å². The van der Waals surface area contributed by atoms with Crippen LogP contribution < -0.4 is 5.32 Å². The van der Waals surface area contributed by atoms with Crippen LogP contribution in [0.1, 0.15) is 23.0 Å². The van der Waals surface area contributed by atoms with E-state index in [0.717, 1.165) is 11.3 Å². The van der Waals surface area contributed by atoms with Gasteiger partial charge in [0.15, 0.2) is 0 Å². The molecule has 2 unspecified atom stereocenters. The van der Waals surface area contributed by atoms with Gasteiger partial charge in [-0.15, -0.1) is 0 Å². The topological polar surface area (TPSA) is 62.2 Å². The summed E-state index contributed by atoms with van der Waals surface area (Å²) in [7, 11) is 0. The van der Waals surface area contributed by atoms with Crippen molar-refractivity contribution in [3.8, 4) is 11.3 Å². The number of aliphatic hydroxyl groups excluding tert-OH is 1. The van der Waals surface area contributed by atoms with E-state index < -0.39 is 0 Å². The molecule has 5 heteroatoms. The molecular formula is C18H22N2O2S. The highest BCUT2D eigenvalue weighted by molar-refractivity contribution is 7.99. The minimum atomic E-state index is -0.158. The number of aromatic nitrogens is 1. The molecule has 2 rings (SSSR count). The van der Waals surface area contributed by atoms with Gasteiger partial charge < -0.3 is 10.4 Å². The van der Waals surface area contributed by atoms with E-state index in [4.69, 9.17) is 0 Å². The first-order valence-electron chi connectivity index (χ1n) is 7.54. The molecule has 0 saturated heterocycles. The van der Waals surface area contributed by atoms with Crippen LogP contribution in [0.15, 0.2) is 42.5 Å². The number of thioether (sulfide) groups is 1. The third kappa shape index (κ3) is 4.33. The molecule has 122 valence electrons. The lowest BCUT2D eigenvalue weighted by molar-refractivity contribution is 0.0935. The van der Waals surface area contributed by atoms with Gasteiger partial charge in [0.25, 0.3) is 5.91 Å². The number of benzene rings is 1. The lowest BCUT2D eigenvalue weighted by Crippen LogP contribution is -2.41. The predicted molar refractivity (Wildman–Crippen MR) is 95.7 cm³/mol. The molecule has 1 heterocycles. The Morgan fingerprint density at radius 1 is 1.26 bits per heavy atom. The Morgan fingerprint density at radius 3 is 2.52 bits per heavy atom. The van der Waals surface area contributed by atoms with Gasteiger partial charge in [-0.25, -0.2) is 0 Å². The van der Waals surface area contributed by atoms with Crippen LogP contribution in [-0.4, -0.2) is 40.2 Å². The van der Waals surface area contributed by atoms with Gasteiger partial charge >= 0.3 is 0 Å². The van der Waals surface area contributed by atoms with Gasteiger partial charge in [0.1, 0.15) is 0 Å². The van der Waals surface area contributed by atoms with Crippen LogP contribution in [0, 0.1) is 6.92 Å². The van der Waals surface area contributed by atoms with Crippen molar-refractivity contribution in [3.63, 3.8) is 0 Å². The number of pyridine rings is 1. The molecule has 0 bridgehead atoms. The second kappa shape index (κ2) is 8.13. The predicted octanol–water partition coefficient (Wildman–Crippen LogP) is 2.90. The molecule has 0 fully saturated rings. The van der Waals surface area contributed by atoms with Gasteiger partial charge in [-0.2, -0.15) is 11.8 Å². The van der Waals surface area contributed by atoms with Crippen LogP contribution in [-0.2, 0) is 0 Å². The van der Waals surface area contributed by atoms with Gasteiger partial charge in [-0.05, 0) is 32.2 Å². The highest BCUT2D eigenvalue weighted by Crippen LogP contribution is 2.19. The number of hydrogen-bond donors (Lipinski definition) is 2. The maximum atomic E-state index is 12.4. The Bertz CT molecular complexity index is 657. The average Bonchev–Trinajstić information content (AvgIpc) is 2.56. The van der Waals surface area contributed by atoms with Crippen LogP contribution in [0.4, 0.5) is 0 Å². The summed E-state index contributed by atoms with van der Waals surface area (Å²) in [6, 6.07) is 13.4. The summed E-state index contributed by atoms with van der Waals surface area (Å²) in [6.45, 7) is 3.77. The largest absolute Gasteiger partial charge is 0.395 e. The van der Waals surface area contributed by atoms with E-state index in [9.17, 15) is 9.90 Å². The minimum absolute atomic E-state index is 0.0178. The summed E-state index contributed by atoms with van der Waals surface area (Å²) in [6.07, 6.45) is 1.92. The third-order valence-electron chi connectivity index (χ3n) is 3.80. The van der Waals surface area contributed by atoms with Gasteiger partial charge in [0.05, 0.1) is 23.6 Å².